The van der Waals surface area contributed by atoms with Crippen LogP contribution < -0.4 is 10.6 Å². The topological polar surface area (TPSA) is 41.1 Å². The van der Waals surface area contributed by atoms with Crippen molar-refractivity contribution in [3.8, 4) is 0 Å². The zero-order valence-corrected chi connectivity index (χ0v) is 11.0. The van der Waals surface area contributed by atoms with Crippen LogP contribution in [0.1, 0.15) is 33.1 Å². The fourth-order valence-corrected chi connectivity index (χ4v) is 2.40. The Bertz CT molecular complexity index is 249. The van der Waals surface area contributed by atoms with E-state index in [2.05, 4.69) is 24.5 Å². The highest BCUT2D eigenvalue weighted by Gasteiger charge is 2.50. The highest BCUT2D eigenvalue weighted by atomic mass is 35.5. The molecule has 0 spiro atoms. The maximum atomic E-state index is 11.7. The molecule has 0 radical (unpaired) electrons. The molecule has 2 unspecified atom stereocenters. The Labute approximate surface area is 104 Å². The van der Waals surface area contributed by atoms with E-state index in [0.29, 0.717) is 0 Å². The van der Waals surface area contributed by atoms with E-state index >= 15 is 0 Å². The Balaban J connectivity index is 0.00000128. The van der Waals surface area contributed by atoms with Crippen LogP contribution in [0.3, 0.4) is 0 Å². The molecule has 1 aliphatic heterocycles. The molecular weight excluding hydrogens is 224 g/mol. The Morgan fingerprint density at radius 2 is 2.19 bits per heavy atom. The molecular formula is C12H23ClN2O. The van der Waals surface area contributed by atoms with Gasteiger partial charge in [0.05, 0.1) is 0 Å². The summed E-state index contributed by atoms with van der Waals surface area (Å²) in [5.74, 6) is 1.32. The fraction of sp³-hybridized carbons (Fsp3) is 0.917. The summed E-state index contributed by atoms with van der Waals surface area (Å²) in [5.41, 5.74) is 0.263. The van der Waals surface area contributed by atoms with Crippen molar-refractivity contribution >= 4 is 18.3 Å². The quantitative estimate of drug-likeness (QED) is 0.791. The highest BCUT2D eigenvalue weighted by Crippen LogP contribution is 2.51. The van der Waals surface area contributed by atoms with Crippen LogP contribution in [0.2, 0.25) is 0 Å². The van der Waals surface area contributed by atoms with Gasteiger partial charge in [-0.3, -0.25) is 4.79 Å². The lowest BCUT2D eigenvalue weighted by Gasteiger charge is -2.09. The van der Waals surface area contributed by atoms with Crippen molar-refractivity contribution in [3.05, 3.63) is 0 Å². The maximum Gasteiger partial charge on any atom is 0.223 e. The minimum absolute atomic E-state index is 0. The summed E-state index contributed by atoms with van der Waals surface area (Å²) in [6, 6.07) is 0. The lowest BCUT2D eigenvalue weighted by atomic mass is 10.1. The van der Waals surface area contributed by atoms with Gasteiger partial charge in [-0.15, -0.1) is 12.4 Å². The van der Waals surface area contributed by atoms with Crippen LogP contribution in [0.4, 0.5) is 0 Å². The van der Waals surface area contributed by atoms with Gasteiger partial charge in [-0.25, -0.2) is 0 Å². The number of halogens is 1. The second-order valence-electron chi connectivity index (χ2n) is 5.68. The highest BCUT2D eigenvalue weighted by molar-refractivity contribution is 5.85. The van der Waals surface area contributed by atoms with E-state index in [4.69, 9.17) is 0 Å². The third-order valence-corrected chi connectivity index (χ3v) is 3.84. The first-order valence-electron chi connectivity index (χ1n) is 6.08. The van der Waals surface area contributed by atoms with E-state index in [1.807, 2.05) is 0 Å². The van der Waals surface area contributed by atoms with E-state index < -0.39 is 0 Å². The first-order valence-corrected chi connectivity index (χ1v) is 6.08. The molecule has 2 atom stereocenters. The van der Waals surface area contributed by atoms with E-state index in [1.165, 1.54) is 6.42 Å². The van der Waals surface area contributed by atoms with Crippen LogP contribution in [0.15, 0.2) is 0 Å². The van der Waals surface area contributed by atoms with E-state index in [9.17, 15) is 4.79 Å². The van der Waals surface area contributed by atoms with Crippen LogP contribution in [-0.2, 0) is 4.79 Å². The van der Waals surface area contributed by atoms with Gasteiger partial charge in [0, 0.05) is 12.5 Å². The molecule has 1 saturated carbocycles. The van der Waals surface area contributed by atoms with Gasteiger partial charge in [-0.2, -0.15) is 0 Å². The van der Waals surface area contributed by atoms with Crippen molar-refractivity contribution < 1.29 is 4.79 Å². The summed E-state index contributed by atoms with van der Waals surface area (Å²) in [6.45, 7) is 7.47. The second-order valence-corrected chi connectivity index (χ2v) is 5.68. The van der Waals surface area contributed by atoms with Gasteiger partial charge >= 0.3 is 0 Å². The number of nitrogens with one attached hydrogen (secondary N) is 2. The number of rotatable bonds is 4. The van der Waals surface area contributed by atoms with Crippen molar-refractivity contribution in [2.24, 2.45) is 17.3 Å². The third kappa shape index (κ3) is 3.36. The predicted octanol–water partition coefficient (Wildman–Crippen LogP) is 1.57. The van der Waals surface area contributed by atoms with Crippen molar-refractivity contribution in [1.29, 1.82) is 0 Å². The van der Waals surface area contributed by atoms with Crippen LogP contribution in [-0.4, -0.2) is 25.5 Å². The summed E-state index contributed by atoms with van der Waals surface area (Å²) in [5, 5.41) is 6.41. The Kier molecular flexibility index (Phi) is 4.62. The molecule has 0 aromatic heterocycles. The van der Waals surface area contributed by atoms with E-state index in [0.717, 1.165) is 38.4 Å². The standard InChI is InChI=1S/C12H22N2O.ClH/c1-12(2)7-10(12)11(15)14-6-4-9-3-5-13-8-9;/h9-10,13H,3-8H2,1-2H3,(H,14,15);1H. The molecule has 1 aliphatic carbocycles. The summed E-state index contributed by atoms with van der Waals surface area (Å²) < 4.78 is 0. The van der Waals surface area contributed by atoms with Crippen molar-refractivity contribution in [3.63, 3.8) is 0 Å². The van der Waals surface area contributed by atoms with E-state index in [1.54, 1.807) is 0 Å². The van der Waals surface area contributed by atoms with Gasteiger partial charge in [0.15, 0.2) is 0 Å². The van der Waals surface area contributed by atoms with Crippen molar-refractivity contribution in [2.75, 3.05) is 19.6 Å². The molecule has 1 saturated heterocycles. The smallest absolute Gasteiger partial charge is 0.223 e. The number of carbonyl (C=O) groups is 1. The van der Waals surface area contributed by atoms with Gasteiger partial charge in [0.1, 0.15) is 0 Å². The molecule has 4 heteroatoms. The average Bonchev–Trinajstić information content (AvgIpc) is 2.65. The summed E-state index contributed by atoms with van der Waals surface area (Å²) in [4.78, 5) is 11.7. The first-order chi connectivity index (χ1) is 7.09. The molecule has 2 fully saturated rings. The van der Waals surface area contributed by atoms with Gasteiger partial charge in [0.2, 0.25) is 5.91 Å². The Morgan fingerprint density at radius 1 is 1.50 bits per heavy atom. The Hall–Kier alpha value is -0.280. The minimum atomic E-state index is 0. The molecule has 2 aliphatic rings. The van der Waals surface area contributed by atoms with Crippen molar-refractivity contribution in [2.45, 2.75) is 33.1 Å². The van der Waals surface area contributed by atoms with E-state index in [-0.39, 0.29) is 29.6 Å². The molecule has 0 aromatic rings. The summed E-state index contributed by atoms with van der Waals surface area (Å²) >= 11 is 0. The van der Waals surface area contributed by atoms with Crippen molar-refractivity contribution in [1.82, 2.24) is 10.6 Å². The van der Waals surface area contributed by atoms with Crippen LogP contribution in [0.25, 0.3) is 0 Å². The maximum absolute atomic E-state index is 11.7. The SMILES string of the molecule is CC1(C)CC1C(=O)NCCC1CCNC1.Cl. The zero-order valence-electron chi connectivity index (χ0n) is 10.2. The van der Waals surface area contributed by atoms with Crippen LogP contribution in [0, 0.1) is 17.3 Å². The molecule has 16 heavy (non-hydrogen) atoms. The number of hydrogen-bond acceptors (Lipinski definition) is 2. The zero-order chi connectivity index (χ0) is 10.9. The minimum Gasteiger partial charge on any atom is -0.356 e. The number of carbonyl (C=O) groups excluding carboxylic acids is 1. The molecule has 0 aromatic carbocycles. The predicted molar refractivity (Wildman–Crippen MR) is 67.7 cm³/mol. The van der Waals surface area contributed by atoms with Gasteiger partial charge < -0.3 is 10.6 Å². The summed E-state index contributed by atoms with van der Waals surface area (Å²) in [6.07, 6.45) is 3.46. The average molecular weight is 247 g/mol. The van der Waals surface area contributed by atoms with Crippen LogP contribution in [0.5, 0.6) is 0 Å². The molecule has 2 rings (SSSR count). The second kappa shape index (κ2) is 5.37. The molecule has 94 valence electrons. The monoisotopic (exact) mass is 246 g/mol. The molecule has 3 nitrogen and oxygen atoms in total. The fourth-order valence-electron chi connectivity index (χ4n) is 2.40. The van der Waals surface area contributed by atoms with Gasteiger partial charge in [-0.1, -0.05) is 13.8 Å². The van der Waals surface area contributed by atoms with Gasteiger partial charge in [0.25, 0.3) is 0 Å². The lowest BCUT2D eigenvalue weighted by Crippen LogP contribution is -2.29. The van der Waals surface area contributed by atoms with Crippen LogP contribution >= 0.6 is 12.4 Å². The number of hydrogen-bond donors (Lipinski definition) is 2. The first kappa shape index (κ1) is 13.8. The molecule has 0 bridgehead atoms. The van der Waals surface area contributed by atoms with Gasteiger partial charge in [-0.05, 0) is 43.7 Å². The lowest BCUT2D eigenvalue weighted by molar-refractivity contribution is -0.123. The molecule has 1 amide bonds. The number of amides is 1. The third-order valence-electron chi connectivity index (χ3n) is 3.84. The molecule has 1 heterocycles. The molecule has 2 N–H and O–H groups in total. The normalized spacial score (nSPS) is 30.6. The summed E-state index contributed by atoms with van der Waals surface area (Å²) in [7, 11) is 0. The Morgan fingerprint density at radius 3 is 2.69 bits per heavy atom. The largest absolute Gasteiger partial charge is 0.356 e.